The average Bonchev–Trinajstić information content (AvgIpc) is 2.32. The van der Waals surface area contributed by atoms with E-state index in [2.05, 4.69) is 4.98 Å². The molecule has 0 atom stereocenters. The van der Waals surface area contributed by atoms with E-state index in [1.54, 1.807) is 24.4 Å². The smallest absolute Gasteiger partial charge is 0.337 e. The summed E-state index contributed by atoms with van der Waals surface area (Å²) in [5, 5.41) is 8.86. The number of nitrogens with zero attached hydrogens (tertiary/aromatic N) is 1. The van der Waals surface area contributed by atoms with Crippen LogP contribution in [0.3, 0.4) is 0 Å². The van der Waals surface area contributed by atoms with Gasteiger partial charge in [-0.25, -0.2) is 4.79 Å². The fourth-order valence-electron chi connectivity index (χ4n) is 1.50. The number of carboxylic acids is 1. The van der Waals surface area contributed by atoms with E-state index in [1.165, 1.54) is 12.1 Å². The fraction of sp³-hybridized carbons (Fsp3) is 0.0769. The quantitative estimate of drug-likeness (QED) is 0.810. The number of carboxylic acid groups (broad SMARTS) is 1. The Kier molecular flexibility index (Phi) is 3.14. The van der Waals surface area contributed by atoms with E-state index in [-0.39, 0.29) is 11.3 Å². The number of rotatable bonds is 3. The van der Waals surface area contributed by atoms with Crippen molar-refractivity contribution in [1.82, 2.24) is 4.98 Å². The molecular weight excluding hydrogens is 232 g/mol. The third-order valence-corrected chi connectivity index (χ3v) is 2.44. The fourth-order valence-corrected chi connectivity index (χ4v) is 1.50. The number of aromatic nitrogens is 1. The molecule has 0 radical (unpaired) electrons. The highest BCUT2D eigenvalue weighted by Crippen LogP contribution is 2.26. The van der Waals surface area contributed by atoms with Gasteiger partial charge >= 0.3 is 5.97 Å². The van der Waals surface area contributed by atoms with Crippen LogP contribution in [0.25, 0.3) is 0 Å². The molecule has 0 spiro atoms. The molecule has 0 amide bonds. The Labute approximate surface area is 104 Å². The van der Waals surface area contributed by atoms with Crippen LogP contribution >= 0.6 is 0 Å². The van der Waals surface area contributed by atoms with Crippen molar-refractivity contribution in [3.63, 3.8) is 0 Å². The van der Waals surface area contributed by atoms with Crippen LogP contribution in [0, 0.1) is 6.92 Å². The summed E-state index contributed by atoms with van der Waals surface area (Å²) in [5.41, 5.74) is 6.61. The van der Waals surface area contributed by atoms with Crippen molar-refractivity contribution >= 4 is 11.7 Å². The van der Waals surface area contributed by atoms with E-state index in [4.69, 9.17) is 15.6 Å². The van der Waals surface area contributed by atoms with Crippen LogP contribution in [0.5, 0.6) is 11.5 Å². The van der Waals surface area contributed by atoms with E-state index < -0.39 is 5.97 Å². The van der Waals surface area contributed by atoms with Crippen LogP contribution in [0.15, 0.2) is 36.5 Å². The number of nitrogens with two attached hydrogens (primary N) is 1. The molecule has 0 aliphatic carbocycles. The summed E-state index contributed by atoms with van der Waals surface area (Å²) in [6.07, 6.45) is 1.67. The predicted octanol–water partition coefficient (Wildman–Crippen LogP) is 2.46. The van der Waals surface area contributed by atoms with Crippen LogP contribution in [-0.4, -0.2) is 16.1 Å². The standard InChI is InChI=1S/C13H12N2O3/c1-8-12(3-2-6-15-8)18-9-4-5-10(13(16)17)11(14)7-9/h2-7H,14H2,1H3,(H,16,17). The third kappa shape index (κ3) is 2.40. The molecule has 0 aliphatic rings. The lowest BCUT2D eigenvalue weighted by atomic mass is 10.2. The maximum Gasteiger partial charge on any atom is 0.337 e. The minimum atomic E-state index is -1.06. The van der Waals surface area contributed by atoms with E-state index >= 15 is 0 Å². The van der Waals surface area contributed by atoms with Crippen LogP contribution < -0.4 is 10.5 Å². The molecule has 2 aromatic rings. The number of ether oxygens (including phenoxy) is 1. The second-order valence-corrected chi connectivity index (χ2v) is 3.74. The SMILES string of the molecule is Cc1ncccc1Oc1ccc(C(=O)O)c(N)c1. The molecule has 5 heteroatoms. The first-order valence-electron chi connectivity index (χ1n) is 5.30. The van der Waals surface area contributed by atoms with Crippen molar-refractivity contribution in [3.05, 3.63) is 47.8 Å². The normalized spacial score (nSPS) is 10.1. The van der Waals surface area contributed by atoms with Gasteiger partial charge in [0.15, 0.2) is 0 Å². The van der Waals surface area contributed by atoms with Crippen molar-refractivity contribution in [3.8, 4) is 11.5 Å². The summed E-state index contributed by atoms with van der Waals surface area (Å²) in [6, 6.07) is 8.00. The first-order chi connectivity index (χ1) is 8.58. The highest BCUT2D eigenvalue weighted by atomic mass is 16.5. The lowest BCUT2D eigenvalue weighted by Gasteiger charge is -2.09. The van der Waals surface area contributed by atoms with Gasteiger partial charge in [-0.15, -0.1) is 0 Å². The summed E-state index contributed by atoms with van der Waals surface area (Å²) in [6.45, 7) is 1.82. The van der Waals surface area contributed by atoms with Gasteiger partial charge in [0, 0.05) is 18.0 Å². The molecule has 0 aliphatic heterocycles. The Hall–Kier alpha value is -2.56. The third-order valence-electron chi connectivity index (χ3n) is 2.44. The predicted molar refractivity (Wildman–Crippen MR) is 66.9 cm³/mol. The van der Waals surface area contributed by atoms with Crippen LogP contribution in [0.4, 0.5) is 5.69 Å². The number of hydrogen-bond acceptors (Lipinski definition) is 4. The molecule has 0 saturated heterocycles. The number of nitrogen functional groups attached to an aromatic ring is 1. The molecule has 2 rings (SSSR count). The molecule has 1 aromatic carbocycles. The summed E-state index contributed by atoms with van der Waals surface area (Å²) >= 11 is 0. The van der Waals surface area contributed by atoms with Gasteiger partial charge in [0.25, 0.3) is 0 Å². The number of hydrogen-bond donors (Lipinski definition) is 2. The van der Waals surface area contributed by atoms with Crippen LogP contribution in [-0.2, 0) is 0 Å². The average molecular weight is 244 g/mol. The molecule has 1 heterocycles. The topological polar surface area (TPSA) is 85.4 Å². The molecule has 0 unspecified atom stereocenters. The maximum absolute atomic E-state index is 10.8. The molecule has 1 aromatic heterocycles. The lowest BCUT2D eigenvalue weighted by molar-refractivity contribution is 0.0698. The van der Waals surface area contributed by atoms with Crippen molar-refractivity contribution in [1.29, 1.82) is 0 Å². The van der Waals surface area contributed by atoms with E-state index in [9.17, 15) is 4.79 Å². The summed E-state index contributed by atoms with van der Waals surface area (Å²) in [5.74, 6) is 0.0326. The first kappa shape index (κ1) is 11.9. The minimum Gasteiger partial charge on any atom is -0.478 e. The number of aromatic carboxylic acids is 1. The maximum atomic E-state index is 10.8. The van der Waals surface area contributed by atoms with Gasteiger partial charge in [0.1, 0.15) is 11.5 Å². The lowest BCUT2D eigenvalue weighted by Crippen LogP contribution is -2.02. The molecule has 18 heavy (non-hydrogen) atoms. The first-order valence-corrected chi connectivity index (χ1v) is 5.30. The number of pyridine rings is 1. The monoisotopic (exact) mass is 244 g/mol. The molecule has 0 bridgehead atoms. The van der Waals surface area contributed by atoms with Gasteiger partial charge in [-0.3, -0.25) is 4.98 Å². The van der Waals surface area contributed by atoms with Gasteiger partial charge in [0.2, 0.25) is 0 Å². The molecule has 0 fully saturated rings. The van der Waals surface area contributed by atoms with Crippen molar-refractivity contribution < 1.29 is 14.6 Å². The minimum absolute atomic E-state index is 0.0604. The number of benzene rings is 1. The van der Waals surface area contributed by atoms with Gasteiger partial charge in [-0.1, -0.05) is 0 Å². The summed E-state index contributed by atoms with van der Waals surface area (Å²) < 4.78 is 5.59. The Morgan fingerprint density at radius 2 is 2.17 bits per heavy atom. The van der Waals surface area contributed by atoms with Gasteiger partial charge in [0.05, 0.1) is 11.3 Å². The molecule has 5 nitrogen and oxygen atoms in total. The van der Waals surface area contributed by atoms with Crippen LogP contribution in [0.2, 0.25) is 0 Å². The summed E-state index contributed by atoms with van der Waals surface area (Å²) in [4.78, 5) is 14.9. The second-order valence-electron chi connectivity index (χ2n) is 3.74. The van der Waals surface area contributed by atoms with Gasteiger partial charge < -0.3 is 15.6 Å². The Bertz CT molecular complexity index is 597. The van der Waals surface area contributed by atoms with E-state index in [0.717, 1.165) is 5.69 Å². The number of carbonyl (C=O) groups is 1. The van der Waals surface area contributed by atoms with Crippen molar-refractivity contribution in [2.24, 2.45) is 0 Å². The second kappa shape index (κ2) is 4.75. The number of aryl methyl sites for hydroxylation is 1. The molecular formula is C13H12N2O3. The summed E-state index contributed by atoms with van der Waals surface area (Å²) in [7, 11) is 0. The Morgan fingerprint density at radius 3 is 2.78 bits per heavy atom. The van der Waals surface area contributed by atoms with Crippen molar-refractivity contribution in [2.75, 3.05) is 5.73 Å². The van der Waals surface area contributed by atoms with Crippen LogP contribution in [0.1, 0.15) is 16.1 Å². The zero-order chi connectivity index (χ0) is 13.1. The van der Waals surface area contributed by atoms with E-state index in [1.807, 2.05) is 6.92 Å². The Morgan fingerprint density at radius 1 is 1.39 bits per heavy atom. The molecule has 3 N–H and O–H groups in total. The van der Waals surface area contributed by atoms with E-state index in [0.29, 0.717) is 11.5 Å². The highest BCUT2D eigenvalue weighted by molar-refractivity contribution is 5.93. The zero-order valence-corrected chi connectivity index (χ0v) is 9.75. The zero-order valence-electron chi connectivity index (χ0n) is 9.75. The molecule has 0 saturated carbocycles. The highest BCUT2D eigenvalue weighted by Gasteiger charge is 2.09. The van der Waals surface area contributed by atoms with Gasteiger partial charge in [-0.2, -0.15) is 0 Å². The molecule has 92 valence electrons. The van der Waals surface area contributed by atoms with Gasteiger partial charge in [-0.05, 0) is 31.2 Å². The van der Waals surface area contributed by atoms with Crippen molar-refractivity contribution in [2.45, 2.75) is 6.92 Å². The Balaban J connectivity index is 2.29. The largest absolute Gasteiger partial charge is 0.478 e. The number of anilines is 1.